The standard InChI is InChI=1S/C13H21N3O2S.ClH/c1-2-14-10-12-5-8-16(9-6-12)19(17,18)13-4-3-7-15-11-13;/h3-4,7,11-12,14H,2,5-6,8-10H2,1H3;1H. The van der Waals surface area contributed by atoms with E-state index in [0.717, 1.165) is 25.9 Å². The number of nitrogens with zero attached hydrogens (tertiary/aromatic N) is 2. The van der Waals surface area contributed by atoms with Gasteiger partial charge in [0.05, 0.1) is 0 Å². The van der Waals surface area contributed by atoms with Crippen LogP contribution in [0.2, 0.25) is 0 Å². The molecule has 1 N–H and O–H groups in total. The highest BCUT2D eigenvalue weighted by molar-refractivity contribution is 7.89. The van der Waals surface area contributed by atoms with Crippen molar-refractivity contribution in [2.75, 3.05) is 26.2 Å². The summed E-state index contributed by atoms with van der Waals surface area (Å²) in [4.78, 5) is 4.18. The van der Waals surface area contributed by atoms with Crippen LogP contribution in [-0.2, 0) is 10.0 Å². The molecular weight excluding hydrogens is 298 g/mol. The molecule has 0 aromatic carbocycles. The monoisotopic (exact) mass is 319 g/mol. The summed E-state index contributed by atoms with van der Waals surface area (Å²) < 4.78 is 26.3. The third-order valence-corrected chi connectivity index (χ3v) is 5.41. The van der Waals surface area contributed by atoms with Crippen molar-refractivity contribution >= 4 is 22.4 Å². The van der Waals surface area contributed by atoms with Crippen LogP contribution >= 0.6 is 12.4 Å². The van der Waals surface area contributed by atoms with Crippen LogP contribution in [0.3, 0.4) is 0 Å². The summed E-state index contributed by atoms with van der Waals surface area (Å²) in [6.07, 6.45) is 4.85. The first-order valence-corrected chi connectivity index (χ1v) is 8.19. The molecule has 1 aliphatic heterocycles. The first-order valence-electron chi connectivity index (χ1n) is 6.75. The maximum atomic E-state index is 12.4. The van der Waals surface area contributed by atoms with Crippen molar-refractivity contribution in [1.29, 1.82) is 0 Å². The topological polar surface area (TPSA) is 62.3 Å². The smallest absolute Gasteiger partial charge is 0.244 e. The molecule has 1 aliphatic rings. The molecule has 1 saturated heterocycles. The highest BCUT2D eigenvalue weighted by atomic mass is 35.5. The van der Waals surface area contributed by atoms with Crippen LogP contribution < -0.4 is 5.32 Å². The predicted octanol–water partition coefficient (Wildman–Crippen LogP) is 1.51. The average Bonchev–Trinajstić information content (AvgIpc) is 2.46. The molecule has 1 fully saturated rings. The van der Waals surface area contributed by atoms with Gasteiger partial charge in [0, 0.05) is 25.5 Å². The molecular formula is C13H22ClN3O2S. The zero-order chi connectivity index (χ0) is 13.7. The first kappa shape index (κ1) is 17.4. The maximum Gasteiger partial charge on any atom is 0.244 e. The van der Waals surface area contributed by atoms with Gasteiger partial charge in [0.15, 0.2) is 0 Å². The van der Waals surface area contributed by atoms with Crippen molar-refractivity contribution in [3.05, 3.63) is 24.5 Å². The first-order chi connectivity index (χ1) is 9.14. The minimum absolute atomic E-state index is 0. The minimum Gasteiger partial charge on any atom is -0.317 e. The molecule has 0 amide bonds. The summed E-state index contributed by atoms with van der Waals surface area (Å²) in [6, 6.07) is 3.26. The number of pyridine rings is 1. The Hall–Kier alpha value is -0.690. The minimum atomic E-state index is -3.36. The van der Waals surface area contributed by atoms with E-state index in [4.69, 9.17) is 0 Å². The maximum absolute atomic E-state index is 12.4. The van der Waals surface area contributed by atoms with Crippen LogP contribution in [0.1, 0.15) is 19.8 Å². The molecule has 7 heteroatoms. The van der Waals surface area contributed by atoms with E-state index in [-0.39, 0.29) is 12.4 Å². The van der Waals surface area contributed by atoms with Gasteiger partial charge >= 0.3 is 0 Å². The number of rotatable bonds is 5. The highest BCUT2D eigenvalue weighted by Crippen LogP contribution is 2.22. The number of halogens is 1. The molecule has 0 saturated carbocycles. The normalized spacial score (nSPS) is 17.6. The molecule has 1 aromatic rings. The Morgan fingerprint density at radius 1 is 1.40 bits per heavy atom. The van der Waals surface area contributed by atoms with Crippen LogP contribution in [0.15, 0.2) is 29.4 Å². The van der Waals surface area contributed by atoms with Crippen LogP contribution in [0.4, 0.5) is 0 Å². The second kappa shape index (κ2) is 7.93. The van der Waals surface area contributed by atoms with Gasteiger partial charge in [-0.3, -0.25) is 4.98 Å². The van der Waals surface area contributed by atoms with Crippen molar-refractivity contribution in [2.24, 2.45) is 5.92 Å². The summed E-state index contributed by atoms with van der Waals surface area (Å²) in [6.45, 7) is 5.24. The lowest BCUT2D eigenvalue weighted by Crippen LogP contribution is -2.40. The molecule has 5 nitrogen and oxygen atoms in total. The van der Waals surface area contributed by atoms with Gasteiger partial charge in [-0.2, -0.15) is 4.31 Å². The van der Waals surface area contributed by atoms with Crippen molar-refractivity contribution < 1.29 is 8.42 Å². The van der Waals surface area contributed by atoms with Gasteiger partial charge in [-0.15, -0.1) is 12.4 Å². The Morgan fingerprint density at radius 3 is 2.65 bits per heavy atom. The van der Waals surface area contributed by atoms with E-state index < -0.39 is 10.0 Å². The molecule has 0 radical (unpaired) electrons. The van der Waals surface area contributed by atoms with Crippen molar-refractivity contribution in [3.63, 3.8) is 0 Å². The van der Waals surface area contributed by atoms with Crippen molar-refractivity contribution in [2.45, 2.75) is 24.7 Å². The van der Waals surface area contributed by atoms with E-state index in [2.05, 4.69) is 17.2 Å². The lowest BCUT2D eigenvalue weighted by molar-refractivity contribution is 0.268. The average molecular weight is 320 g/mol. The van der Waals surface area contributed by atoms with E-state index >= 15 is 0 Å². The van der Waals surface area contributed by atoms with Crippen LogP contribution in [0.5, 0.6) is 0 Å². The Bertz CT molecular complexity index is 488. The third kappa shape index (κ3) is 4.15. The van der Waals surface area contributed by atoms with Gasteiger partial charge in [0.1, 0.15) is 4.90 Å². The number of sulfonamides is 1. The summed E-state index contributed by atoms with van der Waals surface area (Å²) >= 11 is 0. The quantitative estimate of drug-likeness (QED) is 0.893. The summed E-state index contributed by atoms with van der Waals surface area (Å²) in [5.41, 5.74) is 0. The fourth-order valence-electron chi connectivity index (χ4n) is 2.35. The third-order valence-electron chi connectivity index (χ3n) is 3.53. The molecule has 2 heterocycles. The molecule has 1 aromatic heterocycles. The van der Waals surface area contributed by atoms with Gasteiger partial charge in [0.25, 0.3) is 0 Å². The lowest BCUT2D eigenvalue weighted by atomic mass is 9.98. The fourth-order valence-corrected chi connectivity index (χ4v) is 3.79. The Morgan fingerprint density at radius 2 is 2.10 bits per heavy atom. The Balaban J connectivity index is 0.00000200. The van der Waals surface area contributed by atoms with Gasteiger partial charge in [-0.05, 0) is 44.0 Å². The SMILES string of the molecule is CCNCC1CCN(S(=O)(=O)c2cccnc2)CC1.Cl. The zero-order valence-corrected chi connectivity index (χ0v) is 13.3. The second-order valence-corrected chi connectivity index (χ2v) is 6.78. The zero-order valence-electron chi connectivity index (χ0n) is 11.7. The molecule has 114 valence electrons. The number of hydrogen-bond donors (Lipinski definition) is 1. The predicted molar refractivity (Wildman–Crippen MR) is 81.5 cm³/mol. The molecule has 2 rings (SSSR count). The van der Waals surface area contributed by atoms with Crippen LogP contribution in [0, 0.1) is 5.92 Å². The highest BCUT2D eigenvalue weighted by Gasteiger charge is 2.29. The summed E-state index contributed by atoms with van der Waals surface area (Å²) in [5, 5.41) is 3.33. The second-order valence-electron chi connectivity index (χ2n) is 4.84. The van der Waals surface area contributed by atoms with Gasteiger partial charge in [-0.1, -0.05) is 6.92 Å². The number of hydrogen-bond acceptors (Lipinski definition) is 4. The molecule has 0 unspecified atom stereocenters. The van der Waals surface area contributed by atoms with Gasteiger partial charge in [-0.25, -0.2) is 8.42 Å². The molecule has 20 heavy (non-hydrogen) atoms. The van der Waals surface area contributed by atoms with E-state index in [1.54, 1.807) is 22.6 Å². The van der Waals surface area contributed by atoms with Crippen LogP contribution in [-0.4, -0.2) is 43.9 Å². The molecule has 0 aliphatic carbocycles. The van der Waals surface area contributed by atoms with Crippen molar-refractivity contribution in [3.8, 4) is 0 Å². The summed E-state index contributed by atoms with van der Waals surface area (Å²) in [5.74, 6) is 0.584. The van der Waals surface area contributed by atoms with E-state index in [1.165, 1.54) is 6.20 Å². The number of nitrogens with one attached hydrogen (secondary N) is 1. The van der Waals surface area contributed by atoms with E-state index in [1.807, 2.05) is 0 Å². The Labute approximate surface area is 127 Å². The summed E-state index contributed by atoms with van der Waals surface area (Å²) in [7, 11) is -3.36. The van der Waals surface area contributed by atoms with E-state index in [0.29, 0.717) is 23.9 Å². The number of piperidine rings is 1. The fraction of sp³-hybridized carbons (Fsp3) is 0.615. The largest absolute Gasteiger partial charge is 0.317 e. The lowest BCUT2D eigenvalue weighted by Gasteiger charge is -2.31. The molecule has 0 bridgehead atoms. The number of aromatic nitrogens is 1. The Kier molecular flexibility index (Phi) is 6.88. The van der Waals surface area contributed by atoms with Gasteiger partial charge < -0.3 is 5.32 Å². The van der Waals surface area contributed by atoms with Gasteiger partial charge in [0.2, 0.25) is 10.0 Å². The molecule has 0 spiro atoms. The van der Waals surface area contributed by atoms with Crippen molar-refractivity contribution in [1.82, 2.24) is 14.6 Å². The van der Waals surface area contributed by atoms with Crippen LogP contribution in [0.25, 0.3) is 0 Å². The van der Waals surface area contributed by atoms with E-state index in [9.17, 15) is 8.42 Å². The molecule has 0 atom stereocenters.